The summed E-state index contributed by atoms with van der Waals surface area (Å²) in [7, 11) is -1.77. The molecule has 1 aromatic rings. The number of hydrogen-bond donors (Lipinski definition) is 1. The lowest BCUT2D eigenvalue weighted by atomic mass is 10.0. The Morgan fingerprint density at radius 3 is 2.81 bits per heavy atom. The molecule has 1 heterocycles. The van der Waals surface area contributed by atoms with Gasteiger partial charge in [0.1, 0.15) is 0 Å². The van der Waals surface area contributed by atoms with Gasteiger partial charge in [0.05, 0.1) is 11.5 Å². The summed E-state index contributed by atoms with van der Waals surface area (Å²) in [5.41, 5.74) is 7.53. The molecule has 0 radical (unpaired) electrons. The van der Waals surface area contributed by atoms with Crippen molar-refractivity contribution in [2.24, 2.45) is 11.7 Å². The van der Waals surface area contributed by atoms with Crippen molar-refractivity contribution in [1.29, 1.82) is 0 Å². The van der Waals surface area contributed by atoms with E-state index in [-0.39, 0.29) is 5.92 Å². The second-order valence-electron chi connectivity index (χ2n) is 5.62. The second-order valence-corrected chi connectivity index (χ2v) is 7.56. The van der Waals surface area contributed by atoms with Gasteiger partial charge in [-0.3, -0.25) is 0 Å². The van der Waals surface area contributed by atoms with E-state index in [1.165, 1.54) is 0 Å². The Kier molecular flexibility index (Phi) is 5.37. The van der Waals surface area contributed by atoms with E-state index >= 15 is 0 Å². The van der Waals surface area contributed by atoms with Crippen molar-refractivity contribution in [3.8, 4) is 0 Å². The van der Waals surface area contributed by atoms with Gasteiger partial charge < -0.3 is 10.5 Å². The smallest absolute Gasteiger partial charge is 0.243 e. The first kappa shape index (κ1) is 16.4. The van der Waals surface area contributed by atoms with Crippen molar-refractivity contribution in [3.05, 3.63) is 29.3 Å². The van der Waals surface area contributed by atoms with Crippen LogP contribution in [0, 0.1) is 12.8 Å². The summed E-state index contributed by atoms with van der Waals surface area (Å²) in [6, 6.07) is 5.18. The summed E-state index contributed by atoms with van der Waals surface area (Å²) in [6.07, 6.45) is 1.90. The van der Waals surface area contributed by atoms with Crippen molar-refractivity contribution in [2.45, 2.75) is 31.2 Å². The average Bonchev–Trinajstić information content (AvgIpc) is 2.48. The van der Waals surface area contributed by atoms with Crippen LogP contribution in [0.25, 0.3) is 0 Å². The first-order valence-corrected chi connectivity index (χ1v) is 8.71. The predicted molar refractivity (Wildman–Crippen MR) is 82.4 cm³/mol. The number of benzene rings is 1. The van der Waals surface area contributed by atoms with Crippen molar-refractivity contribution < 1.29 is 13.2 Å². The Morgan fingerprint density at radius 2 is 2.19 bits per heavy atom. The highest BCUT2D eigenvalue weighted by Gasteiger charge is 2.30. The van der Waals surface area contributed by atoms with Crippen LogP contribution in [0.15, 0.2) is 23.1 Å². The van der Waals surface area contributed by atoms with Gasteiger partial charge in [0, 0.05) is 26.7 Å². The molecule has 0 bridgehead atoms. The van der Waals surface area contributed by atoms with Crippen molar-refractivity contribution in [2.75, 3.05) is 26.8 Å². The highest BCUT2D eigenvalue weighted by atomic mass is 32.2. The Labute approximate surface area is 127 Å². The number of piperidine rings is 1. The third-order valence-corrected chi connectivity index (χ3v) is 5.92. The highest BCUT2D eigenvalue weighted by molar-refractivity contribution is 7.89. The lowest BCUT2D eigenvalue weighted by Gasteiger charge is -2.31. The quantitative estimate of drug-likeness (QED) is 0.894. The molecule has 118 valence electrons. The molecule has 1 unspecified atom stereocenters. The van der Waals surface area contributed by atoms with Gasteiger partial charge in [0.15, 0.2) is 0 Å². The summed E-state index contributed by atoms with van der Waals surface area (Å²) in [5, 5.41) is 0. The first-order chi connectivity index (χ1) is 9.98. The van der Waals surface area contributed by atoms with Gasteiger partial charge in [-0.1, -0.05) is 6.07 Å². The lowest BCUT2D eigenvalue weighted by molar-refractivity contribution is 0.118. The number of nitrogens with two attached hydrogens (primary N) is 1. The molecule has 1 saturated heterocycles. The standard InChI is InChI=1S/C15H24N2O3S/c1-12-8-15(6-5-14(12)9-16)21(18,19)17-7-3-4-13(10-17)11-20-2/h5-6,8,13H,3-4,7,9-11,16H2,1-2H3. The molecular weight excluding hydrogens is 288 g/mol. The fraction of sp³-hybridized carbons (Fsp3) is 0.600. The lowest BCUT2D eigenvalue weighted by Crippen LogP contribution is -2.41. The number of rotatable bonds is 5. The molecule has 0 spiro atoms. The third kappa shape index (κ3) is 3.63. The number of sulfonamides is 1. The molecule has 0 amide bonds. The highest BCUT2D eigenvalue weighted by Crippen LogP contribution is 2.25. The monoisotopic (exact) mass is 312 g/mol. The first-order valence-electron chi connectivity index (χ1n) is 7.27. The van der Waals surface area contributed by atoms with E-state index < -0.39 is 10.0 Å². The number of methoxy groups -OCH3 is 1. The summed E-state index contributed by atoms with van der Waals surface area (Å²) < 4.78 is 32.2. The minimum Gasteiger partial charge on any atom is -0.384 e. The van der Waals surface area contributed by atoms with Crippen molar-refractivity contribution in [1.82, 2.24) is 4.31 Å². The molecule has 1 aliphatic heterocycles. The van der Waals surface area contributed by atoms with Crippen LogP contribution in [0.3, 0.4) is 0 Å². The van der Waals surface area contributed by atoms with E-state index in [4.69, 9.17) is 10.5 Å². The molecule has 0 saturated carbocycles. The Bertz CT molecular complexity index is 585. The van der Waals surface area contributed by atoms with Crippen LogP contribution in [0.2, 0.25) is 0 Å². The summed E-state index contributed by atoms with van der Waals surface area (Å²) >= 11 is 0. The van der Waals surface area contributed by atoms with E-state index in [1.54, 1.807) is 29.6 Å². The number of hydrogen-bond acceptors (Lipinski definition) is 4. The minimum absolute atomic E-state index is 0.280. The molecule has 21 heavy (non-hydrogen) atoms. The average molecular weight is 312 g/mol. The van der Waals surface area contributed by atoms with Gasteiger partial charge in [-0.05, 0) is 48.9 Å². The van der Waals surface area contributed by atoms with Crippen LogP contribution in [-0.2, 0) is 21.3 Å². The van der Waals surface area contributed by atoms with Gasteiger partial charge >= 0.3 is 0 Å². The molecule has 2 rings (SSSR count). The maximum absolute atomic E-state index is 12.7. The van der Waals surface area contributed by atoms with E-state index in [0.717, 1.165) is 24.0 Å². The Morgan fingerprint density at radius 1 is 1.43 bits per heavy atom. The molecule has 1 atom stereocenters. The molecule has 6 heteroatoms. The number of aryl methyl sites for hydroxylation is 1. The maximum atomic E-state index is 12.7. The second kappa shape index (κ2) is 6.87. The van der Waals surface area contributed by atoms with Gasteiger partial charge in [0.2, 0.25) is 10.0 Å². The number of nitrogens with zero attached hydrogens (tertiary/aromatic N) is 1. The predicted octanol–water partition coefficient (Wildman–Crippen LogP) is 1.50. The minimum atomic E-state index is -3.42. The van der Waals surface area contributed by atoms with Crippen LogP contribution < -0.4 is 5.73 Å². The van der Waals surface area contributed by atoms with Crippen molar-refractivity contribution >= 4 is 10.0 Å². The molecule has 0 aliphatic carbocycles. The van der Waals surface area contributed by atoms with Gasteiger partial charge in [-0.25, -0.2) is 8.42 Å². The fourth-order valence-electron chi connectivity index (χ4n) is 2.82. The largest absolute Gasteiger partial charge is 0.384 e. The van der Waals surface area contributed by atoms with Crippen LogP contribution in [0.5, 0.6) is 0 Å². The van der Waals surface area contributed by atoms with Crippen molar-refractivity contribution in [3.63, 3.8) is 0 Å². The summed E-state index contributed by atoms with van der Waals surface area (Å²) in [4.78, 5) is 0.357. The SMILES string of the molecule is COCC1CCCN(S(=O)(=O)c2ccc(CN)c(C)c2)C1. The fourth-order valence-corrected chi connectivity index (χ4v) is 4.46. The summed E-state index contributed by atoms with van der Waals surface area (Å²) in [5.74, 6) is 0.280. The van der Waals surface area contributed by atoms with E-state index in [0.29, 0.717) is 31.1 Å². The molecule has 1 aliphatic rings. The zero-order valence-electron chi connectivity index (χ0n) is 12.7. The molecule has 1 aromatic carbocycles. The van der Waals surface area contributed by atoms with Gasteiger partial charge in [0.25, 0.3) is 0 Å². The van der Waals surface area contributed by atoms with Gasteiger partial charge in [-0.15, -0.1) is 0 Å². The zero-order valence-corrected chi connectivity index (χ0v) is 13.5. The topological polar surface area (TPSA) is 72.6 Å². The van der Waals surface area contributed by atoms with Crippen LogP contribution in [-0.4, -0.2) is 39.5 Å². The normalized spacial score (nSPS) is 20.6. The summed E-state index contributed by atoms with van der Waals surface area (Å²) in [6.45, 7) is 4.04. The third-order valence-electron chi connectivity index (χ3n) is 4.06. The Balaban J connectivity index is 2.23. The van der Waals surface area contributed by atoms with E-state index in [9.17, 15) is 8.42 Å². The number of ether oxygens (including phenoxy) is 1. The van der Waals surface area contributed by atoms with Crippen LogP contribution >= 0.6 is 0 Å². The maximum Gasteiger partial charge on any atom is 0.243 e. The zero-order chi connectivity index (χ0) is 15.5. The van der Waals surface area contributed by atoms with Crippen LogP contribution in [0.4, 0.5) is 0 Å². The molecule has 5 nitrogen and oxygen atoms in total. The van der Waals surface area contributed by atoms with E-state index in [1.807, 2.05) is 6.92 Å². The molecule has 2 N–H and O–H groups in total. The molecule has 0 aromatic heterocycles. The Hall–Kier alpha value is -0.950. The van der Waals surface area contributed by atoms with Gasteiger partial charge in [-0.2, -0.15) is 4.31 Å². The van der Waals surface area contributed by atoms with Crippen LogP contribution in [0.1, 0.15) is 24.0 Å². The molecule has 1 fully saturated rings. The van der Waals surface area contributed by atoms with E-state index in [2.05, 4.69) is 0 Å². The molecular formula is C15H24N2O3S.